The largest absolute Gasteiger partial charge is 0.538 e. The van der Waals surface area contributed by atoms with Crippen molar-refractivity contribution < 1.29 is 14.3 Å². The summed E-state index contributed by atoms with van der Waals surface area (Å²) in [6.45, 7) is 0. The van der Waals surface area contributed by atoms with Crippen molar-refractivity contribution in [2.75, 3.05) is 0 Å². The molecule has 0 aliphatic heterocycles. The maximum atomic E-state index is 11.0. The van der Waals surface area contributed by atoms with Crippen LogP contribution in [0.3, 0.4) is 0 Å². The van der Waals surface area contributed by atoms with E-state index in [0.717, 1.165) is 4.68 Å². The van der Waals surface area contributed by atoms with E-state index in [-0.39, 0.29) is 5.15 Å². The Hall–Kier alpha value is -2.24. The molecule has 0 amide bonds. The molecule has 2 rings (SSSR count). The van der Waals surface area contributed by atoms with Gasteiger partial charge in [0.15, 0.2) is 5.95 Å². The Labute approximate surface area is 94.1 Å². The van der Waals surface area contributed by atoms with Crippen LogP contribution in [-0.2, 0) is 0 Å². The van der Waals surface area contributed by atoms with E-state index in [0.29, 0.717) is 11.4 Å². The minimum atomic E-state index is -0.752. The van der Waals surface area contributed by atoms with E-state index in [1.54, 1.807) is 24.3 Å². The summed E-state index contributed by atoms with van der Waals surface area (Å²) < 4.78 is 5.44. The summed E-state index contributed by atoms with van der Waals surface area (Å²) in [5.41, 5.74) is 9.04. The van der Waals surface area contributed by atoms with E-state index in [2.05, 4.69) is 19.8 Å². The van der Waals surface area contributed by atoms with Crippen LogP contribution in [0.4, 0.5) is 5.69 Å². The Morgan fingerprint density at radius 3 is 2.88 bits per heavy atom. The van der Waals surface area contributed by atoms with Gasteiger partial charge in [0.2, 0.25) is 0 Å². The van der Waals surface area contributed by atoms with Gasteiger partial charge >= 0.3 is 5.15 Å². The Morgan fingerprint density at radius 2 is 2.25 bits per heavy atom. The lowest BCUT2D eigenvalue weighted by Gasteiger charge is -1.94. The molecule has 0 saturated carbocycles. The van der Waals surface area contributed by atoms with Crippen LogP contribution >= 0.6 is 11.6 Å². The minimum Gasteiger partial charge on any atom is -0.538 e. The number of halogens is 1. The fourth-order valence-corrected chi connectivity index (χ4v) is 1.32. The van der Waals surface area contributed by atoms with Gasteiger partial charge < -0.3 is 9.63 Å². The van der Waals surface area contributed by atoms with Gasteiger partial charge in [0.1, 0.15) is 5.69 Å². The molecule has 0 spiro atoms. The first kappa shape index (κ1) is 10.3. The second-order valence-corrected chi connectivity index (χ2v) is 3.10. The molecule has 7 nitrogen and oxygen atoms in total. The molecule has 0 atom stereocenters. The first-order chi connectivity index (χ1) is 7.74. The molecule has 0 saturated heterocycles. The van der Waals surface area contributed by atoms with Gasteiger partial charge in [-0.25, -0.2) is 0 Å². The Balaban J connectivity index is 2.64. The third-order valence-electron chi connectivity index (χ3n) is 1.82. The number of hydrogen-bond donors (Lipinski definition) is 0. The van der Waals surface area contributed by atoms with Gasteiger partial charge in [-0.3, -0.25) is 0 Å². The summed E-state index contributed by atoms with van der Waals surface area (Å²) in [7, 11) is 0. The van der Waals surface area contributed by atoms with E-state index in [1.807, 2.05) is 0 Å². The Kier molecular flexibility index (Phi) is 2.63. The molecule has 1 aromatic heterocycles. The van der Waals surface area contributed by atoms with E-state index in [9.17, 15) is 5.11 Å². The predicted molar refractivity (Wildman–Crippen MR) is 51.3 cm³/mol. The maximum Gasteiger partial charge on any atom is 0.332 e. The van der Waals surface area contributed by atoms with Crippen molar-refractivity contribution >= 4 is 17.3 Å². The molecule has 2 aromatic rings. The first-order valence-electron chi connectivity index (χ1n) is 4.13. The van der Waals surface area contributed by atoms with Crippen LogP contribution in [0, 0.1) is 0 Å². The van der Waals surface area contributed by atoms with Gasteiger partial charge in [-0.05, 0) is 27.9 Å². The zero-order valence-electron chi connectivity index (χ0n) is 7.74. The number of nitrogens with zero attached hydrogens (tertiary/aromatic N) is 5. The molecule has 1 heterocycles. The molecule has 0 fully saturated rings. The highest BCUT2D eigenvalue weighted by molar-refractivity contribution is 6.29. The second kappa shape index (κ2) is 4.09. The molecule has 0 bridgehead atoms. The summed E-state index contributed by atoms with van der Waals surface area (Å²) in [5, 5.41) is 17.7. The number of para-hydroxylation sites is 1. The Morgan fingerprint density at radius 1 is 1.50 bits per heavy atom. The van der Waals surface area contributed by atoms with Crippen molar-refractivity contribution in [3.05, 3.63) is 39.9 Å². The van der Waals surface area contributed by atoms with Gasteiger partial charge in [0.05, 0.1) is 5.27 Å². The molecule has 0 aliphatic rings. The molecular formula is C8H4ClN5O2. The smallest absolute Gasteiger partial charge is 0.332 e. The standard InChI is InChI=1S/C8H4ClN5O2/c9-7-8(15)16-13-14(7)6-4-2-1-3-5(6)11-12-10/h1-4H. The van der Waals surface area contributed by atoms with Crippen LogP contribution in [0.1, 0.15) is 0 Å². The molecule has 1 aromatic carbocycles. The van der Waals surface area contributed by atoms with Crippen LogP contribution in [-0.4, -0.2) is 5.27 Å². The Bertz CT molecular complexity index is 576. The summed E-state index contributed by atoms with van der Waals surface area (Å²) in [6.07, 6.45) is 0. The van der Waals surface area contributed by atoms with E-state index >= 15 is 0 Å². The highest BCUT2D eigenvalue weighted by atomic mass is 35.5. The van der Waals surface area contributed by atoms with Crippen molar-refractivity contribution in [3.8, 4) is 11.6 Å². The number of aromatic nitrogens is 2. The monoisotopic (exact) mass is 237 g/mol. The lowest BCUT2D eigenvalue weighted by Crippen LogP contribution is -2.33. The third-order valence-corrected chi connectivity index (χ3v) is 2.14. The predicted octanol–water partition coefficient (Wildman–Crippen LogP) is 1.62. The average molecular weight is 238 g/mol. The minimum absolute atomic E-state index is 0.208. The number of hydrogen-bond acceptors (Lipinski definition) is 4. The normalized spacial score (nSPS) is 9.81. The topological polar surface area (TPSA) is 102 Å². The first-order valence-corrected chi connectivity index (χ1v) is 4.51. The van der Waals surface area contributed by atoms with Crippen LogP contribution in [0.2, 0.25) is 5.15 Å². The molecular weight excluding hydrogens is 234 g/mol. The van der Waals surface area contributed by atoms with E-state index in [4.69, 9.17) is 17.1 Å². The van der Waals surface area contributed by atoms with E-state index in [1.165, 1.54) is 0 Å². The van der Waals surface area contributed by atoms with Crippen molar-refractivity contribution in [2.45, 2.75) is 0 Å². The van der Waals surface area contributed by atoms with Crippen LogP contribution < -0.4 is 9.79 Å². The molecule has 80 valence electrons. The van der Waals surface area contributed by atoms with Crippen LogP contribution in [0.25, 0.3) is 16.1 Å². The quantitative estimate of drug-likeness (QED) is 0.343. The van der Waals surface area contributed by atoms with Gasteiger partial charge in [-0.2, -0.15) is 0 Å². The summed E-state index contributed by atoms with van der Waals surface area (Å²) >= 11 is 5.67. The van der Waals surface area contributed by atoms with Crippen molar-refractivity contribution in [2.24, 2.45) is 5.11 Å². The molecule has 0 aliphatic carbocycles. The van der Waals surface area contributed by atoms with Gasteiger partial charge in [0, 0.05) is 11.0 Å². The van der Waals surface area contributed by atoms with Gasteiger partial charge in [0.25, 0.3) is 5.69 Å². The number of benzene rings is 1. The van der Waals surface area contributed by atoms with Crippen molar-refractivity contribution in [1.82, 2.24) is 5.27 Å². The summed E-state index contributed by atoms with van der Waals surface area (Å²) in [6, 6.07) is 6.53. The third kappa shape index (κ3) is 1.65. The highest BCUT2D eigenvalue weighted by Gasteiger charge is 2.20. The zero-order chi connectivity index (χ0) is 11.5. The lowest BCUT2D eigenvalue weighted by molar-refractivity contribution is -0.667. The maximum absolute atomic E-state index is 11.0. The molecule has 8 heteroatoms. The molecule has 0 unspecified atom stereocenters. The van der Waals surface area contributed by atoms with E-state index < -0.39 is 5.95 Å². The van der Waals surface area contributed by atoms with Crippen LogP contribution in [0.15, 0.2) is 33.9 Å². The van der Waals surface area contributed by atoms with Crippen molar-refractivity contribution in [1.29, 1.82) is 0 Å². The number of rotatable bonds is 2. The van der Waals surface area contributed by atoms with Crippen molar-refractivity contribution in [3.63, 3.8) is 0 Å². The molecule has 0 radical (unpaired) electrons. The fraction of sp³-hybridized carbons (Fsp3) is 0. The zero-order valence-corrected chi connectivity index (χ0v) is 8.50. The molecule has 16 heavy (non-hydrogen) atoms. The second-order valence-electron chi connectivity index (χ2n) is 2.74. The SMILES string of the molecule is [N-]=[N+]=Nc1ccccc1-[n+]1noc([O-])c1Cl. The lowest BCUT2D eigenvalue weighted by atomic mass is 10.3. The van der Waals surface area contributed by atoms with Crippen LogP contribution in [0.5, 0.6) is 5.95 Å². The fourth-order valence-electron chi connectivity index (χ4n) is 1.16. The van der Waals surface area contributed by atoms with Gasteiger partial charge in [-0.15, -0.1) is 0 Å². The van der Waals surface area contributed by atoms with Gasteiger partial charge in [-0.1, -0.05) is 17.2 Å². The average Bonchev–Trinajstić information content (AvgIpc) is 2.61. The summed E-state index contributed by atoms with van der Waals surface area (Å²) in [5.74, 6) is -0.752. The number of azide groups is 1. The molecule has 0 N–H and O–H groups in total. The highest BCUT2D eigenvalue weighted by Crippen LogP contribution is 2.22. The summed E-state index contributed by atoms with van der Waals surface area (Å²) in [4.78, 5) is 2.66.